The Hall–Kier alpha value is -2.97. The molecule has 1 aromatic heterocycles. The van der Waals surface area contributed by atoms with E-state index in [9.17, 15) is 9.59 Å². The molecular weight excluding hydrogens is 414 g/mol. The van der Waals surface area contributed by atoms with Gasteiger partial charge in [-0.15, -0.1) is 0 Å². The van der Waals surface area contributed by atoms with Gasteiger partial charge >= 0.3 is 5.97 Å². The Morgan fingerprint density at radius 1 is 1.03 bits per heavy atom. The van der Waals surface area contributed by atoms with E-state index in [0.29, 0.717) is 42.3 Å². The van der Waals surface area contributed by atoms with Crippen molar-refractivity contribution >= 4 is 39.1 Å². The first-order valence-corrected chi connectivity index (χ1v) is 11.0. The minimum absolute atomic E-state index is 0.312. The lowest BCUT2D eigenvalue weighted by Crippen LogP contribution is -2.19. The van der Waals surface area contributed by atoms with E-state index in [2.05, 4.69) is 4.99 Å². The van der Waals surface area contributed by atoms with E-state index in [1.807, 2.05) is 48.7 Å². The number of fused-ring (bicyclic) bond motifs is 1. The summed E-state index contributed by atoms with van der Waals surface area (Å²) in [4.78, 5) is 31.9. The number of hydrogen-bond acceptors (Lipinski definition) is 6. The highest BCUT2D eigenvalue weighted by Gasteiger charge is 2.13. The van der Waals surface area contributed by atoms with Gasteiger partial charge < -0.3 is 18.9 Å². The van der Waals surface area contributed by atoms with Crippen molar-refractivity contribution in [2.24, 2.45) is 4.99 Å². The monoisotopic (exact) mass is 441 g/mol. The molecule has 0 bridgehead atoms. The molecule has 0 saturated heterocycles. The molecule has 0 aliphatic rings. The second-order valence-corrected chi connectivity index (χ2v) is 8.00. The molecule has 7 nitrogen and oxygen atoms in total. The number of hydrogen-bond donors (Lipinski definition) is 0. The van der Waals surface area contributed by atoms with Gasteiger partial charge in [-0.25, -0.2) is 4.79 Å². The second kappa shape index (κ2) is 10.4. The van der Waals surface area contributed by atoms with Crippen molar-refractivity contribution in [3.05, 3.63) is 58.4 Å². The van der Waals surface area contributed by atoms with E-state index in [1.165, 1.54) is 11.3 Å². The standard InChI is InChI=1S/C23H27N3O4S/c1-5-29-14-13-26-19-12-9-17(22(28)30-6-2)15-20(19)31-23(26)24-21(27)16-7-10-18(11-8-16)25(3)4/h7-12,15H,5-6,13-14H2,1-4H3. The molecule has 0 spiro atoms. The lowest BCUT2D eigenvalue weighted by Gasteiger charge is -2.11. The molecule has 0 aliphatic carbocycles. The van der Waals surface area contributed by atoms with Gasteiger partial charge in [0.2, 0.25) is 0 Å². The zero-order valence-corrected chi connectivity index (χ0v) is 19.1. The summed E-state index contributed by atoms with van der Waals surface area (Å²) in [5.41, 5.74) is 2.90. The lowest BCUT2D eigenvalue weighted by molar-refractivity contribution is 0.0526. The Labute approximate surface area is 185 Å². The van der Waals surface area contributed by atoms with Crippen LogP contribution in [0.5, 0.6) is 0 Å². The number of ether oxygens (including phenoxy) is 2. The number of thiazole rings is 1. The average molecular weight is 442 g/mol. The molecule has 3 rings (SSSR count). The molecule has 1 heterocycles. The van der Waals surface area contributed by atoms with Crippen LogP contribution >= 0.6 is 11.3 Å². The Morgan fingerprint density at radius 2 is 1.74 bits per heavy atom. The van der Waals surface area contributed by atoms with E-state index in [-0.39, 0.29) is 11.9 Å². The van der Waals surface area contributed by atoms with Crippen LogP contribution in [0.25, 0.3) is 10.2 Å². The summed E-state index contributed by atoms with van der Waals surface area (Å²) < 4.78 is 13.4. The minimum Gasteiger partial charge on any atom is -0.462 e. The van der Waals surface area contributed by atoms with Crippen LogP contribution in [-0.4, -0.2) is 50.4 Å². The molecular formula is C23H27N3O4S. The highest BCUT2D eigenvalue weighted by atomic mass is 32.1. The molecule has 3 aromatic rings. The summed E-state index contributed by atoms with van der Waals surface area (Å²) in [6, 6.07) is 12.7. The Bertz CT molecular complexity index is 1130. The minimum atomic E-state index is -0.366. The lowest BCUT2D eigenvalue weighted by atomic mass is 10.2. The summed E-state index contributed by atoms with van der Waals surface area (Å²) in [6.45, 7) is 5.70. The smallest absolute Gasteiger partial charge is 0.338 e. The summed E-state index contributed by atoms with van der Waals surface area (Å²) in [5, 5.41) is 0. The van der Waals surface area contributed by atoms with Crippen LogP contribution in [0.15, 0.2) is 47.5 Å². The second-order valence-electron chi connectivity index (χ2n) is 6.99. The third-order valence-electron chi connectivity index (χ3n) is 4.69. The number of anilines is 1. The van der Waals surface area contributed by atoms with Gasteiger partial charge in [0.05, 0.1) is 29.0 Å². The van der Waals surface area contributed by atoms with Gasteiger partial charge in [-0.1, -0.05) is 11.3 Å². The van der Waals surface area contributed by atoms with E-state index < -0.39 is 0 Å². The molecule has 0 atom stereocenters. The number of benzene rings is 2. The average Bonchev–Trinajstić information content (AvgIpc) is 3.10. The Kier molecular flexibility index (Phi) is 7.59. The van der Waals surface area contributed by atoms with Gasteiger partial charge in [-0.05, 0) is 56.3 Å². The van der Waals surface area contributed by atoms with Gasteiger partial charge in [0.25, 0.3) is 5.91 Å². The normalized spacial score (nSPS) is 11.7. The van der Waals surface area contributed by atoms with Crippen molar-refractivity contribution in [3.8, 4) is 0 Å². The zero-order chi connectivity index (χ0) is 22.4. The summed E-state index contributed by atoms with van der Waals surface area (Å²) in [5.74, 6) is -0.679. The highest BCUT2D eigenvalue weighted by Crippen LogP contribution is 2.20. The van der Waals surface area contributed by atoms with Crippen molar-refractivity contribution < 1.29 is 19.1 Å². The number of carbonyl (C=O) groups excluding carboxylic acids is 2. The van der Waals surface area contributed by atoms with E-state index in [1.54, 1.807) is 31.2 Å². The summed E-state index contributed by atoms with van der Waals surface area (Å²) >= 11 is 1.37. The number of aromatic nitrogens is 1. The molecule has 0 unspecified atom stereocenters. The molecule has 8 heteroatoms. The van der Waals surface area contributed by atoms with Crippen LogP contribution in [0.1, 0.15) is 34.6 Å². The van der Waals surface area contributed by atoms with Gasteiger partial charge in [-0.3, -0.25) is 4.79 Å². The van der Waals surface area contributed by atoms with Crippen LogP contribution in [0.4, 0.5) is 5.69 Å². The number of esters is 1. The molecule has 0 aliphatic heterocycles. The highest BCUT2D eigenvalue weighted by molar-refractivity contribution is 7.16. The zero-order valence-electron chi connectivity index (χ0n) is 18.3. The molecule has 1 amide bonds. The van der Waals surface area contributed by atoms with Crippen LogP contribution in [0.2, 0.25) is 0 Å². The SMILES string of the molecule is CCOCCn1c(=NC(=O)c2ccc(N(C)C)cc2)sc2cc(C(=O)OCC)ccc21. The predicted octanol–water partition coefficient (Wildman–Crippen LogP) is 3.72. The summed E-state index contributed by atoms with van der Waals surface area (Å²) in [6.07, 6.45) is 0. The molecule has 31 heavy (non-hydrogen) atoms. The maximum Gasteiger partial charge on any atom is 0.338 e. The van der Waals surface area contributed by atoms with E-state index in [4.69, 9.17) is 9.47 Å². The molecule has 2 aromatic carbocycles. The molecule has 0 N–H and O–H groups in total. The third kappa shape index (κ3) is 5.39. The fourth-order valence-electron chi connectivity index (χ4n) is 3.07. The van der Waals surface area contributed by atoms with Crippen LogP contribution in [0, 0.1) is 0 Å². The maximum absolute atomic E-state index is 12.8. The first kappa shape index (κ1) is 22.7. The van der Waals surface area contributed by atoms with Crippen molar-refractivity contribution in [2.45, 2.75) is 20.4 Å². The maximum atomic E-state index is 12.8. The van der Waals surface area contributed by atoms with Crippen molar-refractivity contribution in [3.63, 3.8) is 0 Å². The van der Waals surface area contributed by atoms with Crippen molar-refractivity contribution in [1.82, 2.24) is 4.57 Å². The molecule has 0 fully saturated rings. The topological polar surface area (TPSA) is 73.1 Å². The largest absolute Gasteiger partial charge is 0.462 e. The predicted molar refractivity (Wildman–Crippen MR) is 123 cm³/mol. The first-order valence-electron chi connectivity index (χ1n) is 10.2. The third-order valence-corrected chi connectivity index (χ3v) is 5.73. The van der Waals surface area contributed by atoms with Gasteiger partial charge in [0.15, 0.2) is 4.80 Å². The fourth-order valence-corrected chi connectivity index (χ4v) is 4.16. The van der Waals surface area contributed by atoms with Crippen LogP contribution in [-0.2, 0) is 16.0 Å². The van der Waals surface area contributed by atoms with E-state index >= 15 is 0 Å². The number of carbonyl (C=O) groups is 2. The summed E-state index contributed by atoms with van der Waals surface area (Å²) in [7, 11) is 3.90. The molecule has 164 valence electrons. The number of nitrogens with zero attached hydrogens (tertiary/aromatic N) is 3. The first-order chi connectivity index (χ1) is 14.9. The fraction of sp³-hybridized carbons (Fsp3) is 0.348. The molecule has 0 radical (unpaired) electrons. The van der Waals surface area contributed by atoms with Crippen LogP contribution in [0.3, 0.4) is 0 Å². The van der Waals surface area contributed by atoms with Crippen molar-refractivity contribution in [1.29, 1.82) is 0 Å². The van der Waals surface area contributed by atoms with Gasteiger partial charge in [-0.2, -0.15) is 4.99 Å². The Balaban J connectivity index is 2.02. The molecule has 0 saturated carbocycles. The number of amides is 1. The van der Waals surface area contributed by atoms with Crippen LogP contribution < -0.4 is 9.70 Å². The number of rotatable bonds is 8. The van der Waals surface area contributed by atoms with Gasteiger partial charge in [0, 0.05) is 38.5 Å². The quantitative estimate of drug-likeness (QED) is 0.393. The van der Waals surface area contributed by atoms with E-state index in [0.717, 1.165) is 15.9 Å². The van der Waals surface area contributed by atoms with Crippen molar-refractivity contribution in [2.75, 3.05) is 38.8 Å². The van der Waals surface area contributed by atoms with Gasteiger partial charge in [0.1, 0.15) is 0 Å². The Morgan fingerprint density at radius 3 is 2.39 bits per heavy atom.